The zero-order chi connectivity index (χ0) is 11.5. The van der Waals surface area contributed by atoms with Crippen LogP contribution in [0.1, 0.15) is 17.5 Å². The molecule has 84 valence electrons. The Hall–Kier alpha value is -1.34. The first-order valence-electron chi connectivity index (χ1n) is 5.83. The summed E-state index contributed by atoms with van der Waals surface area (Å²) in [5, 5.41) is 0. The van der Waals surface area contributed by atoms with Gasteiger partial charge in [0.2, 0.25) is 0 Å². The van der Waals surface area contributed by atoms with E-state index in [2.05, 4.69) is 48.9 Å². The van der Waals surface area contributed by atoms with E-state index in [1.54, 1.807) is 0 Å². The second-order valence-electron chi connectivity index (χ2n) is 4.37. The number of hydrogen-bond acceptors (Lipinski definition) is 1. The molecule has 0 radical (unpaired) electrons. The molecule has 0 spiro atoms. The van der Waals surface area contributed by atoms with E-state index in [4.69, 9.17) is 0 Å². The van der Waals surface area contributed by atoms with Crippen LogP contribution in [0.3, 0.4) is 0 Å². The van der Waals surface area contributed by atoms with Crippen molar-refractivity contribution in [2.24, 2.45) is 0 Å². The lowest BCUT2D eigenvalue weighted by Gasteiger charge is -2.31. The molecule has 1 aromatic rings. The summed E-state index contributed by atoms with van der Waals surface area (Å²) in [6.45, 7) is 12.5. The van der Waals surface area contributed by atoms with Crippen molar-refractivity contribution in [3.8, 4) is 0 Å². The van der Waals surface area contributed by atoms with Crippen molar-refractivity contribution in [3.05, 3.63) is 60.7 Å². The van der Waals surface area contributed by atoms with Crippen LogP contribution in [0.4, 0.5) is 0 Å². The van der Waals surface area contributed by atoms with Crippen molar-refractivity contribution in [1.29, 1.82) is 0 Å². The van der Waals surface area contributed by atoms with E-state index in [1.165, 1.54) is 36.1 Å². The molecule has 2 aliphatic rings. The molecule has 1 unspecified atom stereocenters. The third kappa shape index (κ3) is 1.83. The quantitative estimate of drug-likeness (QED) is 0.598. The van der Waals surface area contributed by atoms with E-state index < -0.39 is 0 Å². The maximum absolute atomic E-state index is 4.17. The number of rotatable bonds is 0. The Kier molecular flexibility index (Phi) is 3.25. The van der Waals surface area contributed by atoms with E-state index in [0.29, 0.717) is 6.04 Å². The summed E-state index contributed by atoms with van der Waals surface area (Å²) in [6, 6.07) is 9.44. The van der Waals surface area contributed by atoms with Crippen molar-refractivity contribution in [1.82, 2.24) is 4.90 Å². The van der Waals surface area contributed by atoms with Gasteiger partial charge in [0.15, 0.2) is 0 Å². The second kappa shape index (κ2) is 4.67. The van der Waals surface area contributed by atoms with Gasteiger partial charge in [0.1, 0.15) is 0 Å². The van der Waals surface area contributed by atoms with Gasteiger partial charge in [-0.25, -0.2) is 0 Å². The van der Waals surface area contributed by atoms with E-state index >= 15 is 0 Å². The van der Waals surface area contributed by atoms with Gasteiger partial charge in [0.05, 0.1) is 0 Å². The van der Waals surface area contributed by atoms with Crippen LogP contribution in [0, 0.1) is 0 Å². The Morgan fingerprint density at radius 3 is 2.56 bits per heavy atom. The van der Waals surface area contributed by atoms with Gasteiger partial charge < -0.3 is 0 Å². The first-order valence-corrected chi connectivity index (χ1v) is 5.83. The molecule has 3 rings (SSSR count). The number of benzene rings is 1. The molecule has 2 aliphatic heterocycles. The highest BCUT2D eigenvalue weighted by Gasteiger charge is 2.31. The normalized spacial score (nSPS) is 23.0. The van der Waals surface area contributed by atoms with E-state index in [0.717, 1.165) is 6.54 Å². The minimum Gasteiger partial charge on any atom is -0.292 e. The summed E-state index contributed by atoms with van der Waals surface area (Å²) in [7, 11) is 0. The van der Waals surface area contributed by atoms with Gasteiger partial charge in [-0.2, -0.15) is 0 Å². The summed E-state index contributed by atoms with van der Waals surface area (Å²) < 4.78 is 0. The molecule has 0 aromatic heterocycles. The molecule has 1 fully saturated rings. The monoisotopic (exact) mass is 213 g/mol. The summed E-state index contributed by atoms with van der Waals surface area (Å²) in [5.41, 5.74) is 4.47. The summed E-state index contributed by atoms with van der Waals surface area (Å²) in [4.78, 5) is 2.56. The van der Waals surface area contributed by atoms with Gasteiger partial charge in [0, 0.05) is 19.1 Å². The lowest BCUT2D eigenvalue weighted by Crippen LogP contribution is -2.35. The Morgan fingerprint density at radius 1 is 1.12 bits per heavy atom. The van der Waals surface area contributed by atoms with Crippen LogP contribution < -0.4 is 0 Å². The minimum atomic E-state index is 0.630. The van der Waals surface area contributed by atoms with Crippen LogP contribution in [0.25, 0.3) is 0 Å². The summed E-state index contributed by atoms with van der Waals surface area (Å²) in [5.74, 6) is 0. The average Bonchev–Trinajstić information content (AvgIpc) is 2.71. The topological polar surface area (TPSA) is 3.24 Å². The molecule has 0 aliphatic carbocycles. The number of nitrogens with zero attached hydrogens (tertiary/aromatic N) is 1. The first-order chi connectivity index (χ1) is 7.84. The third-order valence-electron chi connectivity index (χ3n) is 3.54. The largest absolute Gasteiger partial charge is 0.292 e. The van der Waals surface area contributed by atoms with Crippen LogP contribution >= 0.6 is 0 Å². The Morgan fingerprint density at radius 2 is 1.81 bits per heavy atom. The van der Waals surface area contributed by atoms with Crippen molar-refractivity contribution in [2.75, 3.05) is 6.54 Å². The van der Waals surface area contributed by atoms with Gasteiger partial charge >= 0.3 is 0 Å². The van der Waals surface area contributed by atoms with Crippen LogP contribution in [0.2, 0.25) is 0 Å². The standard InChI is InChI=1S/C13H15N.C2H4/c1-10-6-7-14-9-12-5-3-2-4-11(12)8-13(10)14;1-2/h2-5,13H,1,6-9H2;1-2H2. The molecular weight excluding hydrogens is 194 g/mol. The average molecular weight is 213 g/mol. The van der Waals surface area contributed by atoms with Crippen LogP contribution in [-0.2, 0) is 13.0 Å². The minimum absolute atomic E-state index is 0.630. The fourth-order valence-corrected chi connectivity index (χ4v) is 2.67. The van der Waals surface area contributed by atoms with Crippen LogP contribution in [0.15, 0.2) is 49.6 Å². The first kappa shape index (κ1) is 11.2. The molecule has 1 atom stereocenters. The number of hydrogen-bond donors (Lipinski definition) is 0. The number of fused-ring (bicyclic) bond motifs is 2. The predicted molar refractivity (Wildman–Crippen MR) is 69.4 cm³/mol. The third-order valence-corrected chi connectivity index (χ3v) is 3.54. The van der Waals surface area contributed by atoms with E-state index in [1.807, 2.05) is 0 Å². The Balaban J connectivity index is 0.000000457. The van der Waals surface area contributed by atoms with Crippen LogP contribution in [0.5, 0.6) is 0 Å². The summed E-state index contributed by atoms with van der Waals surface area (Å²) in [6.07, 6.45) is 2.37. The van der Waals surface area contributed by atoms with Crippen molar-refractivity contribution < 1.29 is 0 Å². The van der Waals surface area contributed by atoms with Crippen molar-refractivity contribution >= 4 is 0 Å². The molecule has 1 aromatic carbocycles. The van der Waals surface area contributed by atoms with Gasteiger partial charge in [-0.05, 0) is 24.0 Å². The molecule has 1 heteroatoms. The highest BCUT2D eigenvalue weighted by molar-refractivity contribution is 5.33. The zero-order valence-corrected chi connectivity index (χ0v) is 9.78. The molecule has 0 saturated carbocycles. The lowest BCUT2D eigenvalue weighted by atomic mass is 9.93. The summed E-state index contributed by atoms with van der Waals surface area (Å²) >= 11 is 0. The van der Waals surface area contributed by atoms with E-state index in [9.17, 15) is 0 Å². The fraction of sp³-hybridized carbons (Fsp3) is 0.333. The molecule has 0 amide bonds. The van der Waals surface area contributed by atoms with Gasteiger partial charge in [-0.1, -0.05) is 36.4 Å². The molecule has 1 nitrogen and oxygen atoms in total. The zero-order valence-electron chi connectivity index (χ0n) is 9.78. The fourth-order valence-electron chi connectivity index (χ4n) is 2.67. The highest BCUT2D eigenvalue weighted by Crippen LogP contribution is 2.32. The van der Waals surface area contributed by atoms with Crippen molar-refractivity contribution in [3.63, 3.8) is 0 Å². The molecular formula is C15H19N. The lowest BCUT2D eigenvalue weighted by molar-refractivity contribution is 0.242. The highest BCUT2D eigenvalue weighted by atomic mass is 15.2. The molecule has 16 heavy (non-hydrogen) atoms. The van der Waals surface area contributed by atoms with Crippen LogP contribution in [-0.4, -0.2) is 17.5 Å². The van der Waals surface area contributed by atoms with Gasteiger partial charge in [-0.15, -0.1) is 13.2 Å². The SMILES string of the molecule is C=C.C=C1CCN2Cc3ccccc3CC12. The maximum Gasteiger partial charge on any atom is 0.0349 e. The molecule has 0 bridgehead atoms. The maximum atomic E-state index is 4.17. The Labute approximate surface area is 98.1 Å². The predicted octanol–water partition coefficient (Wildman–Crippen LogP) is 3.18. The van der Waals surface area contributed by atoms with Gasteiger partial charge in [-0.3, -0.25) is 4.90 Å². The molecule has 1 saturated heterocycles. The Bertz CT molecular complexity index is 394. The van der Waals surface area contributed by atoms with Crippen molar-refractivity contribution in [2.45, 2.75) is 25.4 Å². The smallest absolute Gasteiger partial charge is 0.0349 e. The molecule has 2 heterocycles. The van der Waals surface area contributed by atoms with Gasteiger partial charge in [0.25, 0.3) is 0 Å². The van der Waals surface area contributed by atoms with E-state index in [-0.39, 0.29) is 0 Å². The molecule has 0 N–H and O–H groups in total. The second-order valence-corrected chi connectivity index (χ2v) is 4.37.